The van der Waals surface area contributed by atoms with Gasteiger partial charge in [-0.25, -0.2) is 9.37 Å². The summed E-state index contributed by atoms with van der Waals surface area (Å²) in [6.07, 6.45) is 4.69. The Hall–Kier alpha value is -1.09. The standard InChI is InChI=1S/C16H20ClFN2/c1-10-6-8-12(9-7-10)20-14-5-3-4-13(18)15(14)19-16(20)11(2)17/h3-5,10-12H,6-9H2,1-2H3. The molecule has 1 atom stereocenters. The van der Waals surface area contributed by atoms with Crippen molar-refractivity contribution < 1.29 is 4.39 Å². The fourth-order valence-electron chi connectivity index (χ4n) is 3.27. The maximum atomic E-state index is 14.0. The van der Waals surface area contributed by atoms with E-state index in [9.17, 15) is 4.39 Å². The molecule has 20 heavy (non-hydrogen) atoms. The molecule has 2 aromatic rings. The third kappa shape index (κ3) is 2.32. The van der Waals surface area contributed by atoms with Crippen molar-refractivity contribution >= 4 is 22.6 Å². The Bertz CT molecular complexity index is 612. The molecule has 4 heteroatoms. The van der Waals surface area contributed by atoms with E-state index >= 15 is 0 Å². The Morgan fingerprint density at radius 1 is 1.30 bits per heavy atom. The van der Waals surface area contributed by atoms with E-state index in [4.69, 9.17) is 11.6 Å². The molecule has 3 rings (SSSR count). The molecule has 1 heterocycles. The van der Waals surface area contributed by atoms with Gasteiger partial charge in [0.05, 0.1) is 10.9 Å². The second-order valence-electron chi connectivity index (χ2n) is 5.98. The normalized spacial score (nSPS) is 25.0. The van der Waals surface area contributed by atoms with E-state index in [0.717, 1.165) is 30.1 Å². The van der Waals surface area contributed by atoms with Gasteiger partial charge in [-0.05, 0) is 50.7 Å². The predicted octanol–water partition coefficient (Wildman–Crippen LogP) is 5.23. The minimum atomic E-state index is -0.260. The number of alkyl halides is 1. The average Bonchev–Trinajstić information content (AvgIpc) is 2.81. The first kappa shape index (κ1) is 13.9. The molecular formula is C16H20ClFN2. The Kier molecular flexibility index (Phi) is 3.72. The largest absolute Gasteiger partial charge is 0.324 e. The lowest BCUT2D eigenvalue weighted by atomic mass is 9.87. The molecule has 1 aliphatic carbocycles. The summed E-state index contributed by atoms with van der Waals surface area (Å²) < 4.78 is 16.1. The number of halogens is 2. The first-order chi connectivity index (χ1) is 9.58. The summed E-state index contributed by atoms with van der Waals surface area (Å²) in [5, 5.41) is -0.207. The van der Waals surface area contributed by atoms with Crippen molar-refractivity contribution in [2.45, 2.75) is 50.9 Å². The lowest BCUT2D eigenvalue weighted by molar-refractivity contribution is 0.289. The van der Waals surface area contributed by atoms with Gasteiger partial charge in [-0.3, -0.25) is 0 Å². The van der Waals surface area contributed by atoms with E-state index in [1.165, 1.54) is 18.9 Å². The van der Waals surface area contributed by atoms with Gasteiger partial charge in [-0.2, -0.15) is 0 Å². The van der Waals surface area contributed by atoms with Crippen LogP contribution in [0.1, 0.15) is 56.8 Å². The van der Waals surface area contributed by atoms with Gasteiger partial charge in [-0.1, -0.05) is 13.0 Å². The maximum absolute atomic E-state index is 14.0. The van der Waals surface area contributed by atoms with Crippen LogP contribution < -0.4 is 0 Å². The summed E-state index contributed by atoms with van der Waals surface area (Å²) >= 11 is 6.27. The predicted molar refractivity (Wildman–Crippen MR) is 80.6 cm³/mol. The van der Waals surface area contributed by atoms with Crippen LogP contribution in [0.3, 0.4) is 0 Å². The average molecular weight is 295 g/mol. The highest BCUT2D eigenvalue weighted by atomic mass is 35.5. The van der Waals surface area contributed by atoms with Gasteiger partial charge in [-0.15, -0.1) is 11.6 Å². The van der Waals surface area contributed by atoms with E-state index in [-0.39, 0.29) is 11.2 Å². The van der Waals surface area contributed by atoms with Crippen LogP contribution >= 0.6 is 11.6 Å². The first-order valence-corrected chi connectivity index (χ1v) is 7.82. The minimum absolute atomic E-state index is 0.207. The Morgan fingerprint density at radius 2 is 2.00 bits per heavy atom. The van der Waals surface area contributed by atoms with Gasteiger partial charge in [0.1, 0.15) is 11.3 Å². The highest BCUT2D eigenvalue weighted by molar-refractivity contribution is 6.20. The number of benzene rings is 1. The summed E-state index contributed by atoms with van der Waals surface area (Å²) in [6, 6.07) is 5.57. The molecule has 1 unspecified atom stereocenters. The van der Waals surface area contributed by atoms with Crippen LogP contribution in [0.25, 0.3) is 11.0 Å². The molecule has 0 saturated heterocycles. The summed E-state index contributed by atoms with van der Waals surface area (Å²) in [5.41, 5.74) is 1.33. The van der Waals surface area contributed by atoms with Gasteiger partial charge in [0, 0.05) is 6.04 Å². The number of rotatable bonds is 2. The second-order valence-corrected chi connectivity index (χ2v) is 6.63. The van der Waals surface area contributed by atoms with E-state index in [1.54, 1.807) is 6.07 Å². The van der Waals surface area contributed by atoms with Crippen molar-refractivity contribution in [2.24, 2.45) is 5.92 Å². The van der Waals surface area contributed by atoms with Crippen LogP contribution in [-0.4, -0.2) is 9.55 Å². The molecule has 0 spiro atoms. The number of aromatic nitrogens is 2. The smallest absolute Gasteiger partial charge is 0.151 e. The van der Waals surface area contributed by atoms with Gasteiger partial charge in [0.25, 0.3) is 0 Å². The van der Waals surface area contributed by atoms with Crippen molar-refractivity contribution in [3.63, 3.8) is 0 Å². The number of hydrogen-bond donors (Lipinski definition) is 0. The lowest BCUT2D eigenvalue weighted by Gasteiger charge is -2.29. The number of fused-ring (bicyclic) bond motifs is 1. The van der Waals surface area contributed by atoms with Crippen molar-refractivity contribution in [3.8, 4) is 0 Å². The molecule has 2 nitrogen and oxygen atoms in total. The third-order valence-corrected chi connectivity index (χ3v) is 4.60. The van der Waals surface area contributed by atoms with Gasteiger partial charge in [0.15, 0.2) is 5.82 Å². The highest BCUT2D eigenvalue weighted by Crippen LogP contribution is 2.37. The molecule has 0 bridgehead atoms. The number of nitrogens with zero attached hydrogens (tertiary/aromatic N) is 2. The molecule has 0 amide bonds. The van der Waals surface area contributed by atoms with Crippen LogP contribution in [0.2, 0.25) is 0 Å². The summed E-state index contributed by atoms with van der Waals surface area (Å²) in [4.78, 5) is 4.46. The van der Waals surface area contributed by atoms with E-state index in [1.807, 2.05) is 13.0 Å². The molecule has 1 saturated carbocycles. The van der Waals surface area contributed by atoms with Gasteiger partial charge < -0.3 is 4.57 Å². The van der Waals surface area contributed by atoms with E-state index < -0.39 is 0 Å². The van der Waals surface area contributed by atoms with Crippen molar-refractivity contribution in [1.29, 1.82) is 0 Å². The summed E-state index contributed by atoms with van der Waals surface area (Å²) in [7, 11) is 0. The van der Waals surface area contributed by atoms with Crippen LogP contribution in [-0.2, 0) is 0 Å². The fraction of sp³-hybridized carbons (Fsp3) is 0.562. The Morgan fingerprint density at radius 3 is 2.65 bits per heavy atom. The summed E-state index contributed by atoms with van der Waals surface area (Å²) in [6.45, 7) is 4.20. The fourth-order valence-corrected chi connectivity index (χ4v) is 3.42. The quantitative estimate of drug-likeness (QED) is 0.694. The zero-order valence-electron chi connectivity index (χ0n) is 11.9. The Labute approximate surface area is 123 Å². The molecule has 1 aliphatic rings. The molecular weight excluding hydrogens is 275 g/mol. The third-order valence-electron chi connectivity index (χ3n) is 4.40. The first-order valence-electron chi connectivity index (χ1n) is 7.38. The molecule has 108 valence electrons. The molecule has 0 aliphatic heterocycles. The van der Waals surface area contributed by atoms with Crippen LogP contribution in [0.15, 0.2) is 18.2 Å². The zero-order chi connectivity index (χ0) is 14.3. The zero-order valence-corrected chi connectivity index (χ0v) is 12.7. The van der Waals surface area contributed by atoms with Crippen molar-refractivity contribution in [2.75, 3.05) is 0 Å². The van der Waals surface area contributed by atoms with Crippen LogP contribution in [0.5, 0.6) is 0 Å². The molecule has 0 radical (unpaired) electrons. The number of imidazole rings is 1. The van der Waals surface area contributed by atoms with Crippen LogP contribution in [0.4, 0.5) is 4.39 Å². The molecule has 1 aromatic carbocycles. The van der Waals surface area contributed by atoms with Crippen molar-refractivity contribution in [3.05, 3.63) is 29.8 Å². The van der Waals surface area contributed by atoms with Gasteiger partial charge >= 0.3 is 0 Å². The van der Waals surface area contributed by atoms with Crippen molar-refractivity contribution in [1.82, 2.24) is 9.55 Å². The lowest BCUT2D eigenvalue weighted by Crippen LogP contribution is -2.19. The number of hydrogen-bond acceptors (Lipinski definition) is 1. The summed E-state index contributed by atoms with van der Waals surface area (Å²) in [5.74, 6) is 1.32. The van der Waals surface area contributed by atoms with Crippen LogP contribution in [0, 0.1) is 11.7 Å². The van der Waals surface area contributed by atoms with Gasteiger partial charge in [0.2, 0.25) is 0 Å². The Balaban J connectivity index is 2.12. The molecule has 1 aromatic heterocycles. The monoisotopic (exact) mass is 294 g/mol. The maximum Gasteiger partial charge on any atom is 0.151 e. The minimum Gasteiger partial charge on any atom is -0.324 e. The van der Waals surface area contributed by atoms with E-state index in [0.29, 0.717) is 11.6 Å². The molecule has 0 N–H and O–H groups in total. The van der Waals surface area contributed by atoms with E-state index in [2.05, 4.69) is 16.5 Å². The highest BCUT2D eigenvalue weighted by Gasteiger charge is 2.26. The molecule has 1 fully saturated rings. The SMILES string of the molecule is CC1CCC(n2c(C(C)Cl)nc3c(F)cccc32)CC1. The second kappa shape index (κ2) is 5.36. The topological polar surface area (TPSA) is 17.8 Å². The number of para-hydroxylation sites is 1.